The van der Waals surface area contributed by atoms with Crippen molar-refractivity contribution in [2.24, 2.45) is 0 Å². The number of terminal acetylenes is 1. The highest BCUT2D eigenvalue weighted by molar-refractivity contribution is 6.00. The monoisotopic (exact) mass is 512 g/mol. The number of ether oxygens (including phenoxy) is 1. The van der Waals surface area contributed by atoms with Gasteiger partial charge in [0.05, 0.1) is 18.5 Å². The van der Waals surface area contributed by atoms with Crippen molar-refractivity contribution in [3.8, 4) is 18.1 Å². The van der Waals surface area contributed by atoms with E-state index in [4.69, 9.17) is 16.6 Å². The van der Waals surface area contributed by atoms with Gasteiger partial charge in [0.15, 0.2) is 5.96 Å². The van der Waals surface area contributed by atoms with Crippen molar-refractivity contribution in [3.05, 3.63) is 65.2 Å². The number of hydrogen-bond acceptors (Lipinski definition) is 4. The lowest BCUT2D eigenvalue weighted by Gasteiger charge is -2.48. The van der Waals surface area contributed by atoms with Crippen LogP contribution < -0.4 is 15.4 Å². The Labute approximate surface area is 224 Å². The van der Waals surface area contributed by atoms with Crippen molar-refractivity contribution in [1.82, 2.24) is 15.5 Å². The fourth-order valence-corrected chi connectivity index (χ4v) is 6.08. The summed E-state index contributed by atoms with van der Waals surface area (Å²) in [6.07, 6.45) is 11.6. The van der Waals surface area contributed by atoms with Crippen LogP contribution in [0.2, 0.25) is 0 Å². The number of carbonyl (C=O) groups is 2. The zero-order valence-corrected chi connectivity index (χ0v) is 22.2. The van der Waals surface area contributed by atoms with Gasteiger partial charge in [-0.1, -0.05) is 44.2 Å². The first-order valence-corrected chi connectivity index (χ1v) is 13.6. The molecule has 2 aliphatic heterocycles. The van der Waals surface area contributed by atoms with Gasteiger partial charge < -0.3 is 15.4 Å². The topological polar surface area (TPSA) is 94.5 Å². The van der Waals surface area contributed by atoms with Crippen LogP contribution in [0.1, 0.15) is 98.8 Å². The Bertz CT molecular complexity index is 1270. The summed E-state index contributed by atoms with van der Waals surface area (Å²) in [7, 11) is 0. The highest BCUT2D eigenvalue weighted by Gasteiger charge is 2.46. The molecule has 2 aromatic carbocycles. The number of nitrogens with one attached hydrogen (secondary N) is 3. The third-order valence-corrected chi connectivity index (χ3v) is 8.66. The minimum atomic E-state index is -0.533. The van der Waals surface area contributed by atoms with E-state index in [2.05, 4.69) is 16.6 Å². The van der Waals surface area contributed by atoms with Crippen LogP contribution in [0.5, 0.6) is 5.75 Å². The standard InChI is InChI=1S/C31H36N4O3/c1-4-11-25(35-27(36)20-30(5-2,6-3)34-29(35)32)21-12-9-13-22(18-21)28(37)33-24-19-31(16-10-17-31)38-26-15-8-7-14-23(24)26/h1,7-9,12-15,18,24-25H,5-6,10-11,16-17,19-20H2,2-3H3,(H2,32,34)(H,33,37)/t24-,25+/m1/s1. The van der Waals surface area contributed by atoms with Gasteiger partial charge in [-0.15, -0.1) is 12.3 Å². The predicted octanol–water partition coefficient (Wildman–Crippen LogP) is 5.24. The molecule has 0 bridgehead atoms. The highest BCUT2D eigenvalue weighted by Crippen LogP contribution is 2.48. The van der Waals surface area contributed by atoms with Crippen molar-refractivity contribution in [2.75, 3.05) is 0 Å². The SMILES string of the molecule is C#CC[C@@H](c1cccc(C(=O)N[C@@H]2CC3(CCC3)Oc3ccccc32)c1)N1C(=N)NC(CC)(CC)CC1=O. The molecule has 0 unspecified atom stereocenters. The Hall–Kier alpha value is -3.79. The summed E-state index contributed by atoms with van der Waals surface area (Å²) in [6.45, 7) is 4.05. The summed E-state index contributed by atoms with van der Waals surface area (Å²) >= 11 is 0. The molecule has 3 N–H and O–H groups in total. The maximum Gasteiger partial charge on any atom is 0.251 e. The second-order valence-electron chi connectivity index (χ2n) is 10.9. The van der Waals surface area contributed by atoms with Crippen molar-refractivity contribution in [1.29, 1.82) is 5.41 Å². The lowest BCUT2D eigenvalue weighted by molar-refractivity contribution is -0.132. The number of para-hydroxylation sites is 1. The van der Waals surface area contributed by atoms with Crippen LogP contribution in [-0.4, -0.2) is 33.8 Å². The molecular formula is C31H36N4O3. The van der Waals surface area contributed by atoms with E-state index in [0.717, 1.165) is 55.4 Å². The molecule has 7 heteroatoms. The van der Waals surface area contributed by atoms with E-state index in [9.17, 15) is 9.59 Å². The van der Waals surface area contributed by atoms with E-state index in [1.807, 2.05) is 50.2 Å². The summed E-state index contributed by atoms with van der Waals surface area (Å²) in [5.74, 6) is 3.26. The number of rotatable bonds is 7. The lowest BCUT2D eigenvalue weighted by atomic mass is 9.73. The van der Waals surface area contributed by atoms with E-state index >= 15 is 0 Å². The lowest BCUT2D eigenvalue weighted by Crippen LogP contribution is -2.62. The smallest absolute Gasteiger partial charge is 0.251 e. The van der Waals surface area contributed by atoms with Gasteiger partial charge in [-0.2, -0.15) is 0 Å². The van der Waals surface area contributed by atoms with E-state index in [-0.39, 0.29) is 35.8 Å². The average molecular weight is 513 g/mol. The summed E-state index contributed by atoms with van der Waals surface area (Å²) < 4.78 is 6.33. The van der Waals surface area contributed by atoms with Gasteiger partial charge in [0, 0.05) is 29.5 Å². The molecule has 0 radical (unpaired) electrons. The second-order valence-corrected chi connectivity index (χ2v) is 10.9. The van der Waals surface area contributed by atoms with Crippen LogP contribution in [0.3, 0.4) is 0 Å². The van der Waals surface area contributed by atoms with Crippen LogP contribution in [-0.2, 0) is 4.79 Å². The molecule has 5 rings (SSSR count). The molecule has 2 fully saturated rings. The fourth-order valence-electron chi connectivity index (χ4n) is 6.08. The molecule has 38 heavy (non-hydrogen) atoms. The Morgan fingerprint density at radius 2 is 2.00 bits per heavy atom. The van der Waals surface area contributed by atoms with Crippen molar-refractivity contribution in [2.45, 2.75) is 88.4 Å². The number of nitrogens with zero attached hydrogens (tertiary/aromatic N) is 1. The molecule has 1 aliphatic carbocycles. The van der Waals surface area contributed by atoms with Gasteiger partial charge in [-0.05, 0) is 55.9 Å². The number of guanidine groups is 1. The normalized spacial score (nSPS) is 21.8. The molecule has 2 heterocycles. The van der Waals surface area contributed by atoms with E-state index in [1.54, 1.807) is 12.1 Å². The number of amides is 2. The molecule has 7 nitrogen and oxygen atoms in total. The Morgan fingerprint density at radius 1 is 1.24 bits per heavy atom. The van der Waals surface area contributed by atoms with Gasteiger partial charge >= 0.3 is 0 Å². The third-order valence-electron chi connectivity index (χ3n) is 8.66. The first-order valence-electron chi connectivity index (χ1n) is 13.6. The maximum atomic E-state index is 13.5. The molecule has 2 amide bonds. The van der Waals surface area contributed by atoms with E-state index < -0.39 is 11.6 Å². The quantitative estimate of drug-likeness (QED) is 0.442. The number of benzene rings is 2. The van der Waals surface area contributed by atoms with Gasteiger partial charge in [-0.3, -0.25) is 19.9 Å². The highest BCUT2D eigenvalue weighted by atomic mass is 16.5. The van der Waals surface area contributed by atoms with E-state index in [0.29, 0.717) is 12.0 Å². The largest absolute Gasteiger partial charge is 0.487 e. The molecule has 1 spiro atoms. The molecule has 3 aliphatic rings. The Morgan fingerprint density at radius 3 is 2.66 bits per heavy atom. The van der Waals surface area contributed by atoms with E-state index in [1.165, 1.54) is 4.90 Å². The minimum absolute atomic E-state index is 0.0599. The van der Waals surface area contributed by atoms with Crippen LogP contribution in [0.4, 0.5) is 0 Å². The summed E-state index contributed by atoms with van der Waals surface area (Å²) in [4.78, 5) is 28.3. The van der Waals surface area contributed by atoms with Gasteiger partial charge in [0.1, 0.15) is 11.4 Å². The third kappa shape index (κ3) is 4.64. The van der Waals surface area contributed by atoms with Crippen molar-refractivity contribution < 1.29 is 14.3 Å². The molecule has 198 valence electrons. The zero-order valence-electron chi connectivity index (χ0n) is 22.2. The number of hydrogen-bond donors (Lipinski definition) is 3. The van der Waals surface area contributed by atoms with Crippen LogP contribution in [0.15, 0.2) is 48.5 Å². The average Bonchev–Trinajstić information content (AvgIpc) is 2.91. The van der Waals surface area contributed by atoms with Crippen LogP contribution in [0, 0.1) is 17.8 Å². The maximum absolute atomic E-state index is 13.5. The molecule has 1 saturated heterocycles. The number of carbonyl (C=O) groups excluding carboxylic acids is 2. The van der Waals surface area contributed by atoms with Crippen molar-refractivity contribution in [3.63, 3.8) is 0 Å². The molecular weight excluding hydrogens is 476 g/mol. The molecule has 0 aromatic heterocycles. The fraction of sp³-hybridized carbons (Fsp3) is 0.452. The zero-order chi connectivity index (χ0) is 26.9. The Balaban J connectivity index is 1.39. The minimum Gasteiger partial charge on any atom is -0.487 e. The molecule has 1 saturated carbocycles. The van der Waals surface area contributed by atoms with Gasteiger partial charge in [0.25, 0.3) is 5.91 Å². The van der Waals surface area contributed by atoms with Gasteiger partial charge in [0.2, 0.25) is 5.91 Å². The summed E-state index contributed by atoms with van der Waals surface area (Å²) in [6, 6.07) is 14.5. The second kappa shape index (κ2) is 10.2. The Kier molecular flexibility index (Phi) is 6.92. The summed E-state index contributed by atoms with van der Waals surface area (Å²) in [5, 5.41) is 15.2. The predicted molar refractivity (Wildman–Crippen MR) is 147 cm³/mol. The summed E-state index contributed by atoms with van der Waals surface area (Å²) in [5.41, 5.74) is 1.62. The van der Waals surface area contributed by atoms with Gasteiger partial charge in [-0.25, -0.2) is 0 Å². The molecule has 2 atom stereocenters. The van der Waals surface area contributed by atoms with Crippen molar-refractivity contribution >= 4 is 17.8 Å². The molecule has 2 aromatic rings. The van der Waals surface area contributed by atoms with Crippen LogP contribution >= 0.6 is 0 Å². The number of fused-ring (bicyclic) bond motifs is 1. The van der Waals surface area contributed by atoms with Crippen LogP contribution in [0.25, 0.3) is 0 Å². The first-order chi connectivity index (χ1) is 18.3. The first kappa shape index (κ1) is 25.8.